The van der Waals surface area contributed by atoms with Crippen molar-refractivity contribution in [3.05, 3.63) is 34.0 Å². The number of carbonyl (C=O) groups excluding carboxylic acids is 1. The van der Waals surface area contributed by atoms with Crippen LogP contribution >= 0.6 is 0 Å². The van der Waals surface area contributed by atoms with E-state index in [2.05, 4.69) is 10.2 Å². The zero-order valence-corrected chi connectivity index (χ0v) is 12.9. The monoisotopic (exact) mass is 332 g/mol. The predicted octanol–water partition coefficient (Wildman–Crippen LogP) is 1.80. The highest BCUT2D eigenvalue weighted by molar-refractivity contribution is 6.06. The van der Waals surface area contributed by atoms with E-state index in [1.807, 2.05) is 6.92 Å². The lowest BCUT2D eigenvalue weighted by molar-refractivity contribution is -0.384. The number of piperidine rings is 1. The van der Waals surface area contributed by atoms with E-state index in [-0.39, 0.29) is 17.3 Å². The number of H-pyrrole nitrogens is 1. The molecule has 2 heterocycles. The van der Waals surface area contributed by atoms with Crippen LogP contribution in [0.1, 0.15) is 30.3 Å². The number of carboxylic acids is 1. The minimum Gasteiger partial charge on any atom is -0.480 e. The van der Waals surface area contributed by atoms with E-state index in [9.17, 15) is 24.8 Å². The van der Waals surface area contributed by atoms with Crippen molar-refractivity contribution in [1.82, 2.24) is 15.1 Å². The molecule has 0 aliphatic carbocycles. The first-order valence-electron chi connectivity index (χ1n) is 7.54. The highest BCUT2D eigenvalue weighted by Crippen LogP contribution is 2.27. The molecule has 24 heavy (non-hydrogen) atoms. The number of carboxylic acid groups (broad SMARTS) is 1. The number of fused-ring (bicyclic) bond motifs is 1. The van der Waals surface area contributed by atoms with Crippen LogP contribution in [-0.4, -0.2) is 49.6 Å². The molecule has 1 aromatic carbocycles. The summed E-state index contributed by atoms with van der Waals surface area (Å²) in [5, 5.41) is 27.2. The quantitative estimate of drug-likeness (QED) is 0.651. The van der Waals surface area contributed by atoms with Crippen LogP contribution in [0.15, 0.2) is 18.2 Å². The fourth-order valence-corrected chi connectivity index (χ4v) is 3.03. The van der Waals surface area contributed by atoms with Crippen molar-refractivity contribution >= 4 is 28.5 Å². The first-order valence-corrected chi connectivity index (χ1v) is 7.54. The molecule has 0 spiro atoms. The van der Waals surface area contributed by atoms with Gasteiger partial charge in [-0.1, -0.05) is 6.92 Å². The summed E-state index contributed by atoms with van der Waals surface area (Å²) in [5.74, 6) is -1.37. The molecule has 1 aliphatic heterocycles. The van der Waals surface area contributed by atoms with E-state index in [0.29, 0.717) is 30.3 Å². The molecule has 3 rings (SSSR count). The van der Waals surface area contributed by atoms with Crippen molar-refractivity contribution in [1.29, 1.82) is 0 Å². The zero-order valence-electron chi connectivity index (χ0n) is 12.9. The van der Waals surface area contributed by atoms with Crippen molar-refractivity contribution in [2.45, 2.75) is 25.8 Å². The molecule has 0 bridgehead atoms. The first-order chi connectivity index (χ1) is 11.4. The molecule has 1 aromatic heterocycles. The van der Waals surface area contributed by atoms with E-state index < -0.39 is 22.8 Å². The first kappa shape index (κ1) is 15.9. The molecule has 2 atom stereocenters. The van der Waals surface area contributed by atoms with Gasteiger partial charge in [-0.2, -0.15) is 5.10 Å². The number of nitro benzene ring substituents is 1. The molecule has 2 aromatic rings. The van der Waals surface area contributed by atoms with Crippen LogP contribution in [0.4, 0.5) is 5.69 Å². The van der Waals surface area contributed by atoms with Crippen molar-refractivity contribution in [3.8, 4) is 0 Å². The third kappa shape index (κ3) is 2.68. The van der Waals surface area contributed by atoms with Crippen LogP contribution in [-0.2, 0) is 4.79 Å². The van der Waals surface area contributed by atoms with Crippen molar-refractivity contribution < 1.29 is 19.6 Å². The minimum absolute atomic E-state index is 0.00880. The number of likely N-dealkylation sites (tertiary alicyclic amines) is 1. The summed E-state index contributed by atoms with van der Waals surface area (Å²) in [6.45, 7) is 2.27. The smallest absolute Gasteiger partial charge is 0.326 e. The second kappa shape index (κ2) is 5.91. The molecular formula is C15H16N4O5. The lowest BCUT2D eigenvalue weighted by atomic mass is 9.92. The number of nitrogens with one attached hydrogen (secondary N) is 1. The summed E-state index contributed by atoms with van der Waals surface area (Å²) in [6.07, 6.45) is 1.08. The highest BCUT2D eigenvalue weighted by atomic mass is 16.6. The molecule has 0 saturated carbocycles. The maximum absolute atomic E-state index is 12.8. The zero-order chi connectivity index (χ0) is 17.4. The average molecular weight is 332 g/mol. The molecule has 1 aliphatic rings. The Morgan fingerprint density at radius 3 is 2.88 bits per heavy atom. The van der Waals surface area contributed by atoms with Crippen LogP contribution in [0, 0.1) is 16.0 Å². The van der Waals surface area contributed by atoms with E-state index >= 15 is 0 Å². The molecular weight excluding hydrogens is 316 g/mol. The van der Waals surface area contributed by atoms with Gasteiger partial charge in [0, 0.05) is 24.1 Å². The van der Waals surface area contributed by atoms with Gasteiger partial charge in [-0.3, -0.25) is 20.0 Å². The van der Waals surface area contributed by atoms with Crippen LogP contribution in [0.25, 0.3) is 10.9 Å². The lowest BCUT2D eigenvalue weighted by Crippen LogP contribution is -2.49. The number of nitro groups is 1. The van der Waals surface area contributed by atoms with Crippen LogP contribution in [0.2, 0.25) is 0 Å². The number of benzene rings is 1. The van der Waals surface area contributed by atoms with Gasteiger partial charge in [0.2, 0.25) is 0 Å². The number of non-ortho nitro benzene ring substituents is 1. The van der Waals surface area contributed by atoms with Gasteiger partial charge in [0.15, 0.2) is 5.69 Å². The van der Waals surface area contributed by atoms with Gasteiger partial charge in [-0.05, 0) is 24.8 Å². The largest absolute Gasteiger partial charge is 0.480 e. The molecule has 1 saturated heterocycles. The Labute approximate surface area is 136 Å². The van der Waals surface area contributed by atoms with Gasteiger partial charge < -0.3 is 10.0 Å². The number of nitrogens with zero attached hydrogens (tertiary/aromatic N) is 3. The second-order valence-electron chi connectivity index (χ2n) is 6.04. The Morgan fingerprint density at radius 1 is 1.46 bits per heavy atom. The number of aromatic amines is 1. The van der Waals surface area contributed by atoms with Crippen molar-refractivity contribution in [3.63, 3.8) is 0 Å². The summed E-state index contributed by atoms with van der Waals surface area (Å²) in [7, 11) is 0. The molecule has 9 nitrogen and oxygen atoms in total. The summed E-state index contributed by atoms with van der Waals surface area (Å²) < 4.78 is 0. The Balaban J connectivity index is 2.00. The summed E-state index contributed by atoms with van der Waals surface area (Å²) in [4.78, 5) is 35.9. The summed E-state index contributed by atoms with van der Waals surface area (Å²) in [6, 6.07) is 3.16. The Hall–Kier alpha value is -2.97. The number of hydrogen-bond donors (Lipinski definition) is 2. The van der Waals surface area contributed by atoms with Gasteiger partial charge in [0.25, 0.3) is 11.6 Å². The molecule has 0 radical (unpaired) electrons. The Bertz CT molecular complexity index is 830. The normalized spacial score (nSPS) is 21.0. The van der Waals surface area contributed by atoms with Gasteiger partial charge in [0.05, 0.1) is 10.4 Å². The topological polar surface area (TPSA) is 129 Å². The standard InChI is InChI=1S/C15H16N4O5/c1-8-4-5-18(12(6-8)15(21)22)14(20)13-10-7-9(19(23)24)2-3-11(10)16-17-13/h2-3,7-8,12H,4-6H2,1H3,(H,16,17)(H,21,22). The number of amides is 1. The van der Waals surface area contributed by atoms with E-state index in [1.165, 1.54) is 23.1 Å². The van der Waals surface area contributed by atoms with Crippen LogP contribution in [0.5, 0.6) is 0 Å². The SMILES string of the molecule is CC1CCN(C(=O)c2n[nH]c3ccc([N+](=O)[O-])cc23)C(C(=O)O)C1. The third-order valence-electron chi connectivity index (χ3n) is 4.37. The third-order valence-corrected chi connectivity index (χ3v) is 4.37. The molecule has 2 N–H and O–H groups in total. The van der Waals surface area contributed by atoms with Gasteiger partial charge in [0.1, 0.15) is 6.04 Å². The summed E-state index contributed by atoms with van der Waals surface area (Å²) >= 11 is 0. The van der Waals surface area contributed by atoms with E-state index in [1.54, 1.807) is 0 Å². The molecule has 9 heteroatoms. The van der Waals surface area contributed by atoms with Gasteiger partial charge >= 0.3 is 5.97 Å². The number of hydrogen-bond acceptors (Lipinski definition) is 5. The number of rotatable bonds is 3. The number of aliphatic carboxylic acids is 1. The molecule has 1 fully saturated rings. The number of aromatic nitrogens is 2. The minimum atomic E-state index is -1.05. The Morgan fingerprint density at radius 2 is 2.21 bits per heavy atom. The van der Waals surface area contributed by atoms with Crippen molar-refractivity contribution in [2.24, 2.45) is 5.92 Å². The molecule has 2 unspecified atom stereocenters. The highest BCUT2D eigenvalue weighted by Gasteiger charge is 2.36. The van der Waals surface area contributed by atoms with Gasteiger partial charge in [-0.25, -0.2) is 4.79 Å². The predicted molar refractivity (Wildman–Crippen MR) is 83.6 cm³/mol. The second-order valence-corrected chi connectivity index (χ2v) is 6.04. The van der Waals surface area contributed by atoms with Crippen molar-refractivity contribution in [2.75, 3.05) is 6.54 Å². The Kier molecular flexibility index (Phi) is 3.92. The number of carbonyl (C=O) groups is 2. The van der Waals surface area contributed by atoms with E-state index in [0.717, 1.165) is 0 Å². The fraction of sp³-hybridized carbons (Fsp3) is 0.400. The molecule has 126 valence electrons. The maximum Gasteiger partial charge on any atom is 0.326 e. The van der Waals surface area contributed by atoms with Crippen LogP contribution < -0.4 is 0 Å². The van der Waals surface area contributed by atoms with Gasteiger partial charge in [-0.15, -0.1) is 0 Å². The average Bonchev–Trinajstić information content (AvgIpc) is 2.97. The lowest BCUT2D eigenvalue weighted by Gasteiger charge is -2.35. The maximum atomic E-state index is 12.8. The molecule has 1 amide bonds. The fourth-order valence-electron chi connectivity index (χ4n) is 3.03. The van der Waals surface area contributed by atoms with E-state index in [4.69, 9.17) is 0 Å². The van der Waals surface area contributed by atoms with Crippen LogP contribution in [0.3, 0.4) is 0 Å². The summed E-state index contributed by atoms with van der Waals surface area (Å²) in [5.41, 5.74) is 0.343.